The van der Waals surface area contributed by atoms with E-state index in [2.05, 4.69) is 32.3 Å². The summed E-state index contributed by atoms with van der Waals surface area (Å²) in [5, 5.41) is 3.35. The second-order valence-electron chi connectivity index (χ2n) is 5.23. The van der Waals surface area contributed by atoms with Crippen LogP contribution in [0.1, 0.15) is 17.7 Å². The van der Waals surface area contributed by atoms with Crippen molar-refractivity contribution in [2.45, 2.75) is 19.9 Å². The van der Waals surface area contributed by atoms with Crippen molar-refractivity contribution in [1.82, 2.24) is 9.97 Å². The largest absolute Gasteiger partial charge is 0.497 e. The Balaban J connectivity index is 1.85. The van der Waals surface area contributed by atoms with E-state index in [1.807, 2.05) is 25.3 Å². The van der Waals surface area contributed by atoms with Crippen molar-refractivity contribution in [2.75, 3.05) is 30.4 Å². The van der Waals surface area contributed by atoms with E-state index in [0.717, 1.165) is 49.1 Å². The molecule has 1 aliphatic heterocycles. The van der Waals surface area contributed by atoms with Gasteiger partial charge in [-0.25, -0.2) is 9.97 Å². The van der Waals surface area contributed by atoms with E-state index in [1.54, 1.807) is 7.11 Å². The van der Waals surface area contributed by atoms with Crippen LogP contribution in [0.4, 0.5) is 11.6 Å². The maximum Gasteiger partial charge on any atom is 0.172 e. The van der Waals surface area contributed by atoms with Crippen LogP contribution in [0.15, 0.2) is 30.5 Å². The first-order chi connectivity index (χ1) is 10.3. The molecule has 5 heteroatoms. The van der Waals surface area contributed by atoms with Gasteiger partial charge < -0.3 is 15.0 Å². The molecular formula is C16H20N4O. The molecule has 0 saturated carbocycles. The molecule has 5 nitrogen and oxygen atoms in total. The fourth-order valence-corrected chi connectivity index (χ4v) is 2.50. The van der Waals surface area contributed by atoms with Gasteiger partial charge in [-0.2, -0.15) is 0 Å². The summed E-state index contributed by atoms with van der Waals surface area (Å²) >= 11 is 0. The van der Waals surface area contributed by atoms with Crippen molar-refractivity contribution in [2.24, 2.45) is 0 Å². The van der Waals surface area contributed by atoms with Gasteiger partial charge in [0, 0.05) is 19.6 Å². The summed E-state index contributed by atoms with van der Waals surface area (Å²) in [6.07, 6.45) is 2.88. The van der Waals surface area contributed by atoms with Gasteiger partial charge in [-0.15, -0.1) is 0 Å². The Hall–Kier alpha value is -2.30. The standard InChI is InChI=1S/C16H20N4O/c1-12-10-18-15-16(19-12)20(9-3-8-17-15)11-13-4-6-14(21-2)7-5-13/h4-7,10H,3,8-9,11H2,1-2H3,(H,17,18). The maximum absolute atomic E-state index is 5.21. The Morgan fingerprint density at radius 2 is 2.10 bits per heavy atom. The van der Waals surface area contributed by atoms with E-state index in [1.165, 1.54) is 5.56 Å². The van der Waals surface area contributed by atoms with Crippen LogP contribution in [-0.4, -0.2) is 30.2 Å². The molecule has 0 radical (unpaired) electrons. The second-order valence-corrected chi connectivity index (χ2v) is 5.23. The number of aryl methyl sites for hydroxylation is 1. The summed E-state index contributed by atoms with van der Waals surface area (Å²) in [5.74, 6) is 2.71. The lowest BCUT2D eigenvalue weighted by atomic mass is 10.2. The summed E-state index contributed by atoms with van der Waals surface area (Å²) < 4.78 is 5.21. The highest BCUT2D eigenvalue weighted by Crippen LogP contribution is 2.26. The van der Waals surface area contributed by atoms with Crippen LogP contribution < -0.4 is 15.0 Å². The average molecular weight is 284 g/mol. The number of nitrogens with zero attached hydrogens (tertiary/aromatic N) is 3. The molecule has 21 heavy (non-hydrogen) atoms. The minimum atomic E-state index is 0.830. The summed E-state index contributed by atoms with van der Waals surface area (Å²) in [6, 6.07) is 8.18. The molecule has 0 saturated heterocycles. The van der Waals surface area contributed by atoms with E-state index >= 15 is 0 Å². The fraction of sp³-hybridized carbons (Fsp3) is 0.375. The van der Waals surface area contributed by atoms with Crippen LogP contribution >= 0.6 is 0 Å². The first kappa shape index (κ1) is 13.7. The first-order valence-electron chi connectivity index (χ1n) is 7.21. The molecule has 3 rings (SSSR count). The van der Waals surface area contributed by atoms with Gasteiger partial charge >= 0.3 is 0 Å². The van der Waals surface area contributed by atoms with Crippen molar-refractivity contribution in [3.63, 3.8) is 0 Å². The predicted molar refractivity (Wildman–Crippen MR) is 83.9 cm³/mol. The van der Waals surface area contributed by atoms with Crippen LogP contribution in [0.5, 0.6) is 5.75 Å². The molecule has 0 aliphatic carbocycles. The molecule has 2 heterocycles. The zero-order valence-corrected chi connectivity index (χ0v) is 12.5. The average Bonchev–Trinajstić information content (AvgIpc) is 2.70. The summed E-state index contributed by atoms with van der Waals surface area (Å²) in [6.45, 7) is 4.72. The molecule has 0 amide bonds. The Morgan fingerprint density at radius 3 is 2.86 bits per heavy atom. The number of ether oxygens (including phenoxy) is 1. The minimum absolute atomic E-state index is 0.830. The van der Waals surface area contributed by atoms with Gasteiger partial charge in [-0.1, -0.05) is 12.1 Å². The molecule has 0 unspecified atom stereocenters. The summed E-state index contributed by atoms with van der Waals surface area (Å²) in [7, 11) is 1.68. The molecular weight excluding hydrogens is 264 g/mol. The van der Waals surface area contributed by atoms with E-state index < -0.39 is 0 Å². The normalized spacial score (nSPS) is 14.1. The molecule has 110 valence electrons. The van der Waals surface area contributed by atoms with Crippen molar-refractivity contribution in [3.8, 4) is 5.75 Å². The Kier molecular flexibility index (Phi) is 3.90. The molecule has 0 spiro atoms. The molecule has 1 aliphatic rings. The van der Waals surface area contributed by atoms with Crippen molar-refractivity contribution >= 4 is 11.6 Å². The number of fused-ring (bicyclic) bond motifs is 1. The zero-order valence-electron chi connectivity index (χ0n) is 12.5. The number of rotatable bonds is 3. The van der Waals surface area contributed by atoms with Crippen molar-refractivity contribution in [3.05, 3.63) is 41.7 Å². The van der Waals surface area contributed by atoms with Gasteiger partial charge in [0.1, 0.15) is 5.75 Å². The lowest BCUT2D eigenvalue weighted by Crippen LogP contribution is -2.24. The first-order valence-corrected chi connectivity index (χ1v) is 7.21. The summed E-state index contributed by atoms with van der Waals surface area (Å²) in [5.41, 5.74) is 2.18. The number of methoxy groups -OCH3 is 1. The third-order valence-electron chi connectivity index (χ3n) is 3.60. The third-order valence-corrected chi connectivity index (χ3v) is 3.60. The summed E-state index contributed by atoms with van der Waals surface area (Å²) in [4.78, 5) is 11.4. The highest BCUT2D eigenvalue weighted by Gasteiger charge is 2.18. The van der Waals surface area contributed by atoms with E-state index in [-0.39, 0.29) is 0 Å². The topological polar surface area (TPSA) is 50.3 Å². The Bertz CT molecular complexity index is 612. The van der Waals surface area contributed by atoms with Gasteiger partial charge in [0.05, 0.1) is 19.0 Å². The molecule has 1 aromatic carbocycles. The van der Waals surface area contributed by atoms with Crippen LogP contribution in [0.25, 0.3) is 0 Å². The second kappa shape index (κ2) is 5.99. The van der Waals surface area contributed by atoms with Gasteiger partial charge in [0.25, 0.3) is 0 Å². The monoisotopic (exact) mass is 284 g/mol. The molecule has 2 aromatic rings. The lowest BCUT2D eigenvalue weighted by molar-refractivity contribution is 0.414. The van der Waals surface area contributed by atoms with Crippen LogP contribution in [0.2, 0.25) is 0 Å². The van der Waals surface area contributed by atoms with Gasteiger partial charge in [-0.05, 0) is 31.0 Å². The Morgan fingerprint density at radius 1 is 1.29 bits per heavy atom. The predicted octanol–water partition coefficient (Wildman–Crippen LogP) is 2.62. The van der Waals surface area contributed by atoms with E-state index in [9.17, 15) is 0 Å². The lowest BCUT2D eigenvalue weighted by Gasteiger charge is -2.23. The number of hydrogen-bond acceptors (Lipinski definition) is 5. The zero-order chi connectivity index (χ0) is 14.7. The molecule has 1 N–H and O–H groups in total. The Labute approximate surface area is 125 Å². The van der Waals surface area contributed by atoms with E-state index in [4.69, 9.17) is 4.74 Å². The third kappa shape index (κ3) is 3.07. The highest BCUT2D eigenvalue weighted by atomic mass is 16.5. The number of nitrogens with one attached hydrogen (secondary N) is 1. The van der Waals surface area contributed by atoms with Gasteiger partial charge in [0.15, 0.2) is 11.6 Å². The molecule has 1 aromatic heterocycles. The van der Waals surface area contributed by atoms with E-state index in [0.29, 0.717) is 0 Å². The number of anilines is 2. The number of aromatic nitrogens is 2. The van der Waals surface area contributed by atoms with Gasteiger partial charge in [-0.3, -0.25) is 0 Å². The molecule has 0 atom stereocenters. The van der Waals surface area contributed by atoms with Crippen molar-refractivity contribution < 1.29 is 4.74 Å². The quantitative estimate of drug-likeness (QED) is 0.939. The number of benzene rings is 1. The van der Waals surface area contributed by atoms with Crippen LogP contribution in [0, 0.1) is 6.92 Å². The van der Waals surface area contributed by atoms with Gasteiger partial charge in [0.2, 0.25) is 0 Å². The van der Waals surface area contributed by atoms with Crippen LogP contribution in [0.3, 0.4) is 0 Å². The maximum atomic E-state index is 5.21. The fourth-order valence-electron chi connectivity index (χ4n) is 2.50. The minimum Gasteiger partial charge on any atom is -0.497 e. The van der Waals surface area contributed by atoms with Crippen LogP contribution in [-0.2, 0) is 6.54 Å². The molecule has 0 fully saturated rings. The number of hydrogen-bond donors (Lipinski definition) is 1. The SMILES string of the molecule is COc1ccc(CN2CCCNc3ncc(C)nc32)cc1. The molecule has 0 bridgehead atoms. The van der Waals surface area contributed by atoms with Crippen molar-refractivity contribution in [1.29, 1.82) is 0 Å². The highest BCUT2D eigenvalue weighted by molar-refractivity contribution is 5.62. The smallest absolute Gasteiger partial charge is 0.172 e.